The molecule has 3 nitrogen and oxygen atoms in total. The molecule has 0 N–H and O–H groups in total. The lowest BCUT2D eigenvalue weighted by molar-refractivity contribution is 0.0366. The van der Waals surface area contributed by atoms with E-state index in [-0.39, 0.29) is 5.91 Å². The SMILES string of the molecule is CN(C)C1(CC2CC2)CCN(C(=O)c2cccs2)CC1. The number of likely N-dealkylation sites (tertiary alicyclic amines) is 1. The first-order valence-electron chi connectivity index (χ1n) is 7.61. The first kappa shape index (κ1) is 14.1. The fourth-order valence-electron chi connectivity index (χ4n) is 3.38. The maximum Gasteiger partial charge on any atom is 0.263 e. The smallest absolute Gasteiger partial charge is 0.263 e. The van der Waals surface area contributed by atoms with Gasteiger partial charge in [0, 0.05) is 18.6 Å². The van der Waals surface area contributed by atoms with Crippen LogP contribution in [0.1, 0.15) is 41.8 Å². The van der Waals surface area contributed by atoms with E-state index in [0.29, 0.717) is 5.54 Å². The molecule has 0 atom stereocenters. The molecule has 1 aromatic heterocycles. The Morgan fingerprint density at radius 3 is 2.60 bits per heavy atom. The molecular formula is C16H24N2OS. The van der Waals surface area contributed by atoms with Crippen molar-refractivity contribution in [1.29, 1.82) is 0 Å². The largest absolute Gasteiger partial charge is 0.338 e. The molecule has 0 aromatic carbocycles. The van der Waals surface area contributed by atoms with E-state index in [4.69, 9.17) is 0 Å². The lowest BCUT2D eigenvalue weighted by Crippen LogP contribution is -2.54. The summed E-state index contributed by atoms with van der Waals surface area (Å²) in [6, 6.07) is 3.89. The molecule has 2 heterocycles. The Labute approximate surface area is 125 Å². The Morgan fingerprint density at radius 2 is 2.10 bits per heavy atom. The van der Waals surface area contributed by atoms with Crippen LogP contribution in [0.4, 0.5) is 0 Å². The van der Waals surface area contributed by atoms with Crippen molar-refractivity contribution in [3.05, 3.63) is 22.4 Å². The summed E-state index contributed by atoms with van der Waals surface area (Å²) in [5.41, 5.74) is 0.327. The monoisotopic (exact) mass is 292 g/mol. The minimum atomic E-state index is 0.221. The molecule has 0 unspecified atom stereocenters. The molecule has 0 bridgehead atoms. The highest BCUT2D eigenvalue weighted by Crippen LogP contribution is 2.42. The molecular weight excluding hydrogens is 268 g/mol. The lowest BCUT2D eigenvalue weighted by Gasteiger charge is -2.46. The van der Waals surface area contributed by atoms with E-state index in [1.807, 2.05) is 22.4 Å². The summed E-state index contributed by atoms with van der Waals surface area (Å²) < 4.78 is 0. The van der Waals surface area contributed by atoms with Gasteiger partial charge < -0.3 is 9.80 Å². The molecule has 1 saturated heterocycles. The van der Waals surface area contributed by atoms with Gasteiger partial charge in [-0.05, 0) is 50.7 Å². The molecule has 2 aliphatic rings. The Balaban J connectivity index is 1.64. The fourth-order valence-corrected chi connectivity index (χ4v) is 4.07. The van der Waals surface area contributed by atoms with E-state index in [9.17, 15) is 4.79 Å². The number of amides is 1. The maximum absolute atomic E-state index is 12.4. The highest BCUT2D eigenvalue weighted by molar-refractivity contribution is 7.12. The normalized spacial score (nSPS) is 22.2. The fraction of sp³-hybridized carbons (Fsp3) is 0.688. The second kappa shape index (κ2) is 5.49. The number of hydrogen-bond acceptors (Lipinski definition) is 3. The Kier molecular flexibility index (Phi) is 3.87. The third-order valence-corrected chi connectivity index (χ3v) is 5.89. The van der Waals surface area contributed by atoms with Crippen LogP contribution in [-0.2, 0) is 0 Å². The molecule has 110 valence electrons. The molecule has 20 heavy (non-hydrogen) atoms. The van der Waals surface area contributed by atoms with Gasteiger partial charge in [-0.1, -0.05) is 18.9 Å². The van der Waals surface area contributed by atoms with Gasteiger partial charge in [0.2, 0.25) is 0 Å². The van der Waals surface area contributed by atoms with Crippen LogP contribution in [0.2, 0.25) is 0 Å². The van der Waals surface area contributed by atoms with Crippen molar-refractivity contribution in [3.63, 3.8) is 0 Å². The van der Waals surface area contributed by atoms with Gasteiger partial charge in [0.1, 0.15) is 0 Å². The third kappa shape index (κ3) is 2.77. The highest BCUT2D eigenvalue weighted by Gasteiger charge is 2.41. The number of nitrogens with zero attached hydrogens (tertiary/aromatic N) is 2. The number of piperidine rings is 1. The van der Waals surface area contributed by atoms with E-state index in [0.717, 1.165) is 36.7 Å². The van der Waals surface area contributed by atoms with Gasteiger partial charge in [0.05, 0.1) is 4.88 Å². The second-order valence-corrected chi connectivity index (χ2v) is 7.48. The zero-order chi connectivity index (χ0) is 14.2. The van der Waals surface area contributed by atoms with Crippen molar-refractivity contribution in [1.82, 2.24) is 9.80 Å². The molecule has 1 amide bonds. The molecule has 2 fully saturated rings. The number of carbonyl (C=O) groups excluding carboxylic acids is 1. The van der Waals surface area contributed by atoms with Crippen LogP contribution in [0.15, 0.2) is 17.5 Å². The van der Waals surface area contributed by atoms with Crippen LogP contribution in [0.3, 0.4) is 0 Å². The molecule has 1 saturated carbocycles. The minimum Gasteiger partial charge on any atom is -0.338 e. The summed E-state index contributed by atoms with van der Waals surface area (Å²) in [5, 5.41) is 1.98. The van der Waals surface area contributed by atoms with Gasteiger partial charge in [0.15, 0.2) is 0 Å². The number of hydrogen-bond donors (Lipinski definition) is 0. The van der Waals surface area contributed by atoms with Gasteiger partial charge in [-0.2, -0.15) is 0 Å². The summed E-state index contributed by atoms with van der Waals surface area (Å²) in [6.07, 6.45) is 6.38. The van der Waals surface area contributed by atoms with Gasteiger partial charge in [-0.15, -0.1) is 11.3 Å². The van der Waals surface area contributed by atoms with Crippen LogP contribution in [0, 0.1) is 5.92 Å². The summed E-state index contributed by atoms with van der Waals surface area (Å²) in [5.74, 6) is 1.16. The number of carbonyl (C=O) groups is 1. The van der Waals surface area contributed by atoms with E-state index in [1.165, 1.54) is 19.3 Å². The molecule has 3 rings (SSSR count). The van der Waals surface area contributed by atoms with Crippen LogP contribution in [0.5, 0.6) is 0 Å². The summed E-state index contributed by atoms with van der Waals surface area (Å²) in [6.45, 7) is 1.81. The van der Waals surface area contributed by atoms with Gasteiger partial charge in [-0.3, -0.25) is 4.79 Å². The molecule has 1 aromatic rings. The predicted molar refractivity (Wildman–Crippen MR) is 83.2 cm³/mol. The Hall–Kier alpha value is -0.870. The quantitative estimate of drug-likeness (QED) is 0.851. The van der Waals surface area contributed by atoms with E-state index >= 15 is 0 Å². The first-order chi connectivity index (χ1) is 9.61. The van der Waals surface area contributed by atoms with Crippen LogP contribution in [0.25, 0.3) is 0 Å². The van der Waals surface area contributed by atoms with Gasteiger partial charge in [-0.25, -0.2) is 0 Å². The minimum absolute atomic E-state index is 0.221. The van der Waals surface area contributed by atoms with Gasteiger partial charge >= 0.3 is 0 Å². The zero-order valence-electron chi connectivity index (χ0n) is 12.5. The topological polar surface area (TPSA) is 23.6 Å². The molecule has 0 radical (unpaired) electrons. The number of thiophene rings is 1. The second-order valence-electron chi connectivity index (χ2n) is 6.54. The van der Waals surface area contributed by atoms with Crippen molar-refractivity contribution >= 4 is 17.2 Å². The number of rotatable bonds is 4. The first-order valence-corrected chi connectivity index (χ1v) is 8.49. The van der Waals surface area contributed by atoms with E-state index in [2.05, 4.69) is 19.0 Å². The molecule has 1 aliphatic carbocycles. The zero-order valence-corrected chi connectivity index (χ0v) is 13.3. The molecule has 0 spiro atoms. The van der Waals surface area contributed by atoms with E-state index in [1.54, 1.807) is 11.3 Å². The Morgan fingerprint density at radius 1 is 1.40 bits per heavy atom. The van der Waals surface area contributed by atoms with Crippen LogP contribution in [-0.4, -0.2) is 48.4 Å². The van der Waals surface area contributed by atoms with Crippen molar-refractivity contribution in [2.45, 2.75) is 37.6 Å². The Bertz CT molecular complexity index is 457. The van der Waals surface area contributed by atoms with Crippen LogP contribution < -0.4 is 0 Å². The average Bonchev–Trinajstić information content (AvgIpc) is 3.08. The van der Waals surface area contributed by atoms with Crippen LogP contribution >= 0.6 is 11.3 Å². The van der Waals surface area contributed by atoms with Gasteiger partial charge in [0.25, 0.3) is 5.91 Å². The average molecular weight is 292 g/mol. The lowest BCUT2D eigenvalue weighted by atomic mass is 9.81. The summed E-state index contributed by atoms with van der Waals surface area (Å²) in [7, 11) is 4.41. The highest BCUT2D eigenvalue weighted by atomic mass is 32.1. The van der Waals surface area contributed by atoms with E-state index < -0.39 is 0 Å². The third-order valence-electron chi connectivity index (χ3n) is 5.03. The molecule has 4 heteroatoms. The maximum atomic E-state index is 12.4. The standard InChI is InChI=1S/C16H24N2OS/c1-17(2)16(12-13-5-6-13)7-9-18(10-8-16)15(19)14-4-3-11-20-14/h3-4,11,13H,5-10,12H2,1-2H3. The summed E-state index contributed by atoms with van der Waals surface area (Å²) >= 11 is 1.55. The van der Waals surface area contributed by atoms with Crippen molar-refractivity contribution < 1.29 is 4.79 Å². The van der Waals surface area contributed by atoms with Crippen molar-refractivity contribution in [2.75, 3.05) is 27.2 Å². The van der Waals surface area contributed by atoms with Crippen molar-refractivity contribution in [2.24, 2.45) is 5.92 Å². The van der Waals surface area contributed by atoms with Crippen molar-refractivity contribution in [3.8, 4) is 0 Å². The molecule has 1 aliphatic heterocycles. The predicted octanol–water partition coefficient (Wildman–Crippen LogP) is 3.08. The summed E-state index contributed by atoms with van der Waals surface area (Å²) in [4.78, 5) is 17.7.